The minimum absolute atomic E-state index is 0.584. The summed E-state index contributed by atoms with van der Waals surface area (Å²) >= 11 is 0. The van der Waals surface area contributed by atoms with Gasteiger partial charge in [-0.25, -0.2) is 0 Å². The first-order chi connectivity index (χ1) is 6.09. The van der Waals surface area contributed by atoms with Gasteiger partial charge in [0.1, 0.15) is 0 Å². The van der Waals surface area contributed by atoms with Crippen molar-refractivity contribution in [2.75, 3.05) is 0 Å². The van der Waals surface area contributed by atoms with E-state index in [0.717, 1.165) is 18.5 Å². The molecule has 0 aromatic heterocycles. The van der Waals surface area contributed by atoms with Crippen LogP contribution in [0.15, 0.2) is 36.1 Å². The Morgan fingerprint density at radius 3 is 2.54 bits per heavy atom. The molecule has 1 unspecified atom stereocenters. The molecule has 0 fully saturated rings. The smallest absolute Gasteiger partial charge is 0.0295 e. The molecule has 0 saturated carbocycles. The lowest BCUT2D eigenvalue weighted by Gasteiger charge is -2.24. The highest BCUT2D eigenvalue weighted by atomic mass is 14.9. The Hall–Kier alpha value is -0.980. The molecule has 0 aromatic rings. The molecule has 1 nitrogen and oxygen atoms in total. The van der Waals surface area contributed by atoms with E-state index in [-0.39, 0.29) is 0 Å². The molecular formula is C12H19N. The Balaban J connectivity index is 2.46. The van der Waals surface area contributed by atoms with Crippen LogP contribution < -0.4 is 5.32 Å². The zero-order valence-corrected chi connectivity index (χ0v) is 8.69. The Labute approximate surface area is 81.2 Å². The molecule has 0 saturated heterocycles. The van der Waals surface area contributed by atoms with E-state index in [1.165, 1.54) is 17.6 Å². The van der Waals surface area contributed by atoms with E-state index < -0.39 is 0 Å². The van der Waals surface area contributed by atoms with Gasteiger partial charge in [0, 0.05) is 11.7 Å². The van der Waals surface area contributed by atoms with Crippen LogP contribution in [0.3, 0.4) is 0 Å². The Morgan fingerprint density at radius 1 is 1.46 bits per heavy atom. The fourth-order valence-electron chi connectivity index (χ4n) is 1.70. The van der Waals surface area contributed by atoms with E-state index in [9.17, 15) is 0 Å². The van der Waals surface area contributed by atoms with Crippen LogP contribution in [-0.2, 0) is 0 Å². The van der Waals surface area contributed by atoms with Gasteiger partial charge in [0.05, 0.1) is 0 Å². The van der Waals surface area contributed by atoms with Crippen LogP contribution in [0.5, 0.6) is 0 Å². The molecule has 0 amide bonds. The summed E-state index contributed by atoms with van der Waals surface area (Å²) in [7, 11) is 0. The van der Waals surface area contributed by atoms with Gasteiger partial charge in [-0.05, 0) is 38.7 Å². The third-order valence-electron chi connectivity index (χ3n) is 2.41. The van der Waals surface area contributed by atoms with E-state index >= 15 is 0 Å². The molecule has 1 aliphatic rings. The molecule has 1 atom stereocenters. The van der Waals surface area contributed by atoms with Gasteiger partial charge in [0.2, 0.25) is 0 Å². The van der Waals surface area contributed by atoms with Crippen molar-refractivity contribution in [2.45, 2.75) is 39.2 Å². The molecule has 13 heavy (non-hydrogen) atoms. The predicted molar refractivity (Wildman–Crippen MR) is 58.5 cm³/mol. The molecular weight excluding hydrogens is 158 g/mol. The lowest BCUT2D eigenvalue weighted by Crippen LogP contribution is -2.28. The predicted octanol–water partition coefficient (Wildman–Crippen LogP) is 3.16. The summed E-state index contributed by atoms with van der Waals surface area (Å²) in [6.07, 6.45) is 5.76. The van der Waals surface area contributed by atoms with Crippen molar-refractivity contribution >= 4 is 0 Å². The Morgan fingerprint density at radius 2 is 2.15 bits per heavy atom. The standard InChI is InChI=1S/C12H19N/c1-9(2)11-5-7-12(8-6-11)13-10(3)4/h5,12-13H,1,3,6-8H2,2,4H3. The maximum atomic E-state index is 3.96. The fraction of sp³-hybridized carbons (Fsp3) is 0.500. The van der Waals surface area contributed by atoms with Gasteiger partial charge in [0.25, 0.3) is 0 Å². The van der Waals surface area contributed by atoms with Crippen LogP contribution in [0, 0.1) is 0 Å². The number of hydrogen-bond acceptors (Lipinski definition) is 1. The molecule has 0 aliphatic heterocycles. The first-order valence-electron chi connectivity index (χ1n) is 4.86. The lowest BCUT2D eigenvalue weighted by atomic mass is 9.92. The molecule has 0 aromatic carbocycles. The fourth-order valence-corrected chi connectivity index (χ4v) is 1.70. The van der Waals surface area contributed by atoms with Crippen molar-refractivity contribution in [3.63, 3.8) is 0 Å². The first-order valence-corrected chi connectivity index (χ1v) is 4.86. The largest absolute Gasteiger partial charge is 0.386 e. The quantitative estimate of drug-likeness (QED) is 0.698. The molecule has 1 aliphatic carbocycles. The van der Waals surface area contributed by atoms with Crippen molar-refractivity contribution < 1.29 is 0 Å². The highest BCUT2D eigenvalue weighted by Crippen LogP contribution is 2.23. The van der Waals surface area contributed by atoms with E-state index in [1.807, 2.05) is 6.92 Å². The minimum Gasteiger partial charge on any atom is -0.386 e. The third kappa shape index (κ3) is 3.10. The molecule has 0 bridgehead atoms. The molecule has 1 heteroatoms. The highest BCUT2D eigenvalue weighted by Gasteiger charge is 2.13. The zero-order chi connectivity index (χ0) is 9.84. The van der Waals surface area contributed by atoms with Crippen LogP contribution in [0.4, 0.5) is 0 Å². The molecule has 0 heterocycles. The van der Waals surface area contributed by atoms with Gasteiger partial charge < -0.3 is 5.32 Å². The average molecular weight is 177 g/mol. The molecule has 0 radical (unpaired) electrons. The van der Waals surface area contributed by atoms with Crippen molar-refractivity contribution in [1.82, 2.24) is 5.32 Å². The molecule has 0 spiro atoms. The van der Waals surface area contributed by atoms with Crippen LogP contribution in [0.25, 0.3) is 0 Å². The molecule has 1 N–H and O–H groups in total. The normalized spacial score (nSPS) is 22.0. The van der Waals surface area contributed by atoms with Crippen LogP contribution in [0.2, 0.25) is 0 Å². The molecule has 72 valence electrons. The van der Waals surface area contributed by atoms with Crippen molar-refractivity contribution in [3.05, 3.63) is 36.1 Å². The number of allylic oxidation sites excluding steroid dienone is 3. The first kappa shape index (κ1) is 10.1. The van der Waals surface area contributed by atoms with E-state index in [2.05, 4.69) is 31.5 Å². The average Bonchev–Trinajstić information content (AvgIpc) is 2.04. The Bertz CT molecular complexity index is 248. The van der Waals surface area contributed by atoms with Gasteiger partial charge in [-0.15, -0.1) is 0 Å². The van der Waals surface area contributed by atoms with Crippen LogP contribution in [-0.4, -0.2) is 6.04 Å². The lowest BCUT2D eigenvalue weighted by molar-refractivity contribution is 0.512. The van der Waals surface area contributed by atoms with Gasteiger partial charge in [0.15, 0.2) is 0 Å². The van der Waals surface area contributed by atoms with E-state index in [1.54, 1.807) is 0 Å². The van der Waals surface area contributed by atoms with Crippen molar-refractivity contribution in [1.29, 1.82) is 0 Å². The minimum atomic E-state index is 0.584. The monoisotopic (exact) mass is 177 g/mol. The van der Waals surface area contributed by atoms with E-state index in [4.69, 9.17) is 0 Å². The summed E-state index contributed by atoms with van der Waals surface area (Å²) in [5.74, 6) is 0. The maximum absolute atomic E-state index is 3.96. The SMILES string of the molecule is C=C(C)NC1CC=C(C(=C)C)CC1. The second-order valence-electron chi connectivity index (χ2n) is 3.91. The summed E-state index contributed by atoms with van der Waals surface area (Å²) in [6, 6.07) is 0.584. The maximum Gasteiger partial charge on any atom is 0.0295 e. The van der Waals surface area contributed by atoms with Crippen LogP contribution in [0.1, 0.15) is 33.1 Å². The number of hydrogen-bond donors (Lipinski definition) is 1. The summed E-state index contributed by atoms with van der Waals surface area (Å²) < 4.78 is 0. The van der Waals surface area contributed by atoms with Gasteiger partial charge in [-0.2, -0.15) is 0 Å². The van der Waals surface area contributed by atoms with E-state index in [0.29, 0.717) is 6.04 Å². The Kier molecular flexibility index (Phi) is 3.35. The van der Waals surface area contributed by atoms with Crippen molar-refractivity contribution in [2.24, 2.45) is 0 Å². The highest BCUT2D eigenvalue weighted by molar-refractivity contribution is 5.28. The second kappa shape index (κ2) is 4.31. The second-order valence-corrected chi connectivity index (χ2v) is 3.91. The summed E-state index contributed by atoms with van der Waals surface area (Å²) in [4.78, 5) is 0. The number of nitrogens with one attached hydrogen (secondary N) is 1. The summed E-state index contributed by atoms with van der Waals surface area (Å²) in [5.41, 5.74) is 3.71. The van der Waals surface area contributed by atoms with Crippen molar-refractivity contribution in [3.8, 4) is 0 Å². The zero-order valence-electron chi connectivity index (χ0n) is 8.69. The number of rotatable bonds is 3. The van der Waals surface area contributed by atoms with Gasteiger partial charge in [-0.3, -0.25) is 0 Å². The van der Waals surface area contributed by atoms with Gasteiger partial charge >= 0.3 is 0 Å². The topological polar surface area (TPSA) is 12.0 Å². The summed E-state index contributed by atoms with van der Waals surface area (Å²) in [6.45, 7) is 11.9. The van der Waals surface area contributed by atoms with Crippen LogP contribution >= 0.6 is 0 Å². The molecule has 1 rings (SSSR count). The van der Waals surface area contributed by atoms with Gasteiger partial charge in [-0.1, -0.05) is 24.8 Å². The third-order valence-corrected chi connectivity index (χ3v) is 2.41. The summed E-state index contributed by atoms with van der Waals surface area (Å²) in [5, 5.41) is 3.37.